The number of rotatable bonds is 3. The van der Waals surface area contributed by atoms with Crippen molar-refractivity contribution < 1.29 is 21.8 Å². The Balaban J connectivity index is 0.00000162. The number of carbonyl (C=O) groups excluding carboxylic acids is 1. The number of anilines is 1. The number of aryl methyl sites for hydroxylation is 1. The summed E-state index contributed by atoms with van der Waals surface area (Å²) in [6.45, 7) is 4.26. The van der Waals surface area contributed by atoms with Gasteiger partial charge in [0, 0.05) is 24.4 Å². The molecule has 4 nitrogen and oxygen atoms in total. The Bertz CT molecular complexity index is 524. The number of amides is 1. The molecular formula is C12H14ClN3OS. The van der Waals surface area contributed by atoms with Crippen LogP contribution in [-0.2, 0) is 11.3 Å². The van der Waals surface area contributed by atoms with Gasteiger partial charge in [0.05, 0.1) is 0 Å². The fraction of sp³-hybridized carbons (Fsp3) is 0.250. The Morgan fingerprint density at radius 2 is 2.11 bits per heavy atom. The standard InChI is InChI=1S/C12H13N3OS.ClH/c1-9-3-5-15(6-4-9)7-11-8-17-12(14-11)13-10(2)16;/h3-6,8H,7H2,1-2H3;1H. The monoisotopic (exact) mass is 283 g/mol. The van der Waals surface area contributed by atoms with Crippen LogP contribution < -0.4 is 22.3 Å². The predicted molar refractivity (Wildman–Crippen MR) is 66.9 cm³/mol. The number of aromatic nitrogens is 2. The lowest BCUT2D eigenvalue weighted by Gasteiger charge is -1.95. The maximum Gasteiger partial charge on any atom is 0.223 e. The van der Waals surface area contributed by atoms with E-state index < -0.39 is 0 Å². The predicted octanol–water partition coefficient (Wildman–Crippen LogP) is -1.25. The van der Waals surface area contributed by atoms with Crippen LogP contribution >= 0.6 is 11.3 Å². The number of carbonyl (C=O) groups is 1. The maximum atomic E-state index is 10.9. The highest BCUT2D eigenvalue weighted by molar-refractivity contribution is 7.13. The van der Waals surface area contributed by atoms with Crippen molar-refractivity contribution in [3.8, 4) is 0 Å². The van der Waals surface area contributed by atoms with Gasteiger partial charge in [0.25, 0.3) is 0 Å². The molecule has 1 amide bonds. The summed E-state index contributed by atoms with van der Waals surface area (Å²) < 4.78 is 2.06. The molecule has 18 heavy (non-hydrogen) atoms. The first-order valence-corrected chi connectivity index (χ1v) is 6.19. The molecule has 96 valence electrons. The molecule has 1 N–H and O–H groups in total. The number of halogens is 1. The Hall–Kier alpha value is -1.46. The zero-order chi connectivity index (χ0) is 12.3. The third-order valence-corrected chi connectivity index (χ3v) is 3.04. The number of nitrogens with zero attached hydrogens (tertiary/aromatic N) is 2. The van der Waals surface area contributed by atoms with Gasteiger partial charge in [0.1, 0.15) is 5.69 Å². The van der Waals surface area contributed by atoms with Crippen LogP contribution in [0.15, 0.2) is 29.9 Å². The van der Waals surface area contributed by atoms with Gasteiger partial charge in [-0.1, -0.05) is 0 Å². The Morgan fingerprint density at radius 3 is 2.72 bits per heavy atom. The quantitative estimate of drug-likeness (QED) is 0.716. The van der Waals surface area contributed by atoms with Crippen LogP contribution in [0.1, 0.15) is 18.2 Å². The van der Waals surface area contributed by atoms with Crippen molar-refractivity contribution in [1.82, 2.24) is 4.98 Å². The van der Waals surface area contributed by atoms with Crippen LogP contribution in [0, 0.1) is 6.92 Å². The van der Waals surface area contributed by atoms with Crippen molar-refractivity contribution in [2.24, 2.45) is 0 Å². The summed E-state index contributed by atoms with van der Waals surface area (Å²) in [5.74, 6) is -0.0890. The lowest BCUT2D eigenvalue weighted by atomic mass is 10.3. The SMILES string of the molecule is CC(=O)Nc1nc(C[n+]2ccc(C)cc2)cs1.[Cl-]. The Morgan fingerprint density at radius 1 is 1.44 bits per heavy atom. The summed E-state index contributed by atoms with van der Waals surface area (Å²) in [6, 6.07) is 4.11. The smallest absolute Gasteiger partial charge is 0.223 e. The van der Waals surface area contributed by atoms with Crippen molar-refractivity contribution >= 4 is 22.4 Å². The summed E-state index contributed by atoms with van der Waals surface area (Å²) in [6.07, 6.45) is 4.04. The molecule has 0 saturated carbocycles. The lowest BCUT2D eigenvalue weighted by Crippen LogP contribution is -3.00. The molecule has 6 heteroatoms. The third kappa shape index (κ3) is 4.09. The van der Waals surface area contributed by atoms with E-state index in [0.717, 1.165) is 12.2 Å². The number of nitrogens with one attached hydrogen (secondary N) is 1. The van der Waals surface area contributed by atoms with E-state index in [1.165, 1.54) is 23.8 Å². The molecule has 2 rings (SSSR count). The summed E-state index contributed by atoms with van der Waals surface area (Å²) >= 11 is 1.44. The second-order valence-electron chi connectivity index (χ2n) is 3.87. The lowest BCUT2D eigenvalue weighted by molar-refractivity contribution is -0.688. The third-order valence-electron chi connectivity index (χ3n) is 2.24. The zero-order valence-corrected chi connectivity index (χ0v) is 11.8. The molecule has 0 aliphatic heterocycles. The fourth-order valence-corrected chi connectivity index (χ4v) is 2.16. The summed E-state index contributed by atoms with van der Waals surface area (Å²) in [5, 5.41) is 5.29. The van der Waals surface area contributed by atoms with E-state index in [-0.39, 0.29) is 18.3 Å². The van der Waals surface area contributed by atoms with Crippen molar-refractivity contribution in [1.29, 1.82) is 0 Å². The van der Waals surface area contributed by atoms with E-state index in [1.807, 2.05) is 17.8 Å². The highest BCUT2D eigenvalue weighted by Crippen LogP contribution is 2.14. The van der Waals surface area contributed by atoms with Gasteiger partial charge in [-0.15, -0.1) is 11.3 Å². The van der Waals surface area contributed by atoms with Crippen LogP contribution in [0.3, 0.4) is 0 Å². The first-order valence-electron chi connectivity index (χ1n) is 5.31. The van der Waals surface area contributed by atoms with Crippen molar-refractivity contribution in [3.63, 3.8) is 0 Å². The van der Waals surface area contributed by atoms with E-state index in [0.29, 0.717) is 5.13 Å². The Labute approximate surface area is 116 Å². The van der Waals surface area contributed by atoms with E-state index in [1.54, 1.807) is 0 Å². The molecule has 0 aliphatic carbocycles. The molecule has 2 heterocycles. The van der Waals surface area contributed by atoms with Crippen LogP contribution in [0.5, 0.6) is 0 Å². The van der Waals surface area contributed by atoms with Crippen molar-refractivity contribution in [3.05, 3.63) is 41.2 Å². The fourth-order valence-electron chi connectivity index (χ4n) is 1.41. The molecule has 0 radical (unpaired) electrons. The molecule has 0 atom stereocenters. The molecule has 0 aliphatic rings. The van der Waals surface area contributed by atoms with Gasteiger partial charge in [-0.3, -0.25) is 4.79 Å². The number of hydrogen-bond acceptors (Lipinski definition) is 3. The van der Waals surface area contributed by atoms with Crippen molar-refractivity contribution in [2.75, 3.05) is 5.32 Å². The van der Waals surface area contributed by atoms with Gasteiger partial charge >= 0.3 is 0 Å². The second-order valence-corrected chi connectivity index (χ2v) is 4.73. The van der Waals surface area contributed by atoms with Gasteiger partial charge < -0.3 is 17.7 Å². The van der Waals surface area contributed by atoms with Crippen LogP contribution in [0.25, 0.3) is 0 Å². The topological polar surface area (TPSA) is 45.9 Å². The summed E-state index contributed by atoms with van der Waals surface area (Å²) in [7, 11) is 0. The molecule has 2 aromatic heterocycles. The molecule has 0 unspecified atom stereocenters. The highest BCUT2D eigenvalue weighted by atomic mass is 35.5. The normalized spacial score (nSPS) is 9.67. The minimum Gasteiger partial charge on any atom is -1.00 e. The average molecular weight is 284 g/mol. The number of thiazole rings is 1. The van der Waals surface area contributed by atoms with Gasteiger partial charge in [0.15, 0.2) is 24.1 Å². The molecule has 0 bridgehead atoms. The molecule has 0 aromatic carbocycles. The summed E-state index contributed by atoms with van der Waals surface area (Å²) in [5.41, 5.74) is 2.19. The van der Waals surface area contributed by atoms with Crippen molar-refractivity contribution in [2.45, 2.75) is 20.4 Å². The first-order chi connectivity index (χ1) is 8.13. The Kier molecular flexibility index (Phi) is 5.25. The van der Waals surface area contributed by atoms with Gasteiger partial charge in [0.2, 0.25) is 5.91 Å². The van der Waals surface area contributed by atoms with E-state index >= 15 is 0 Å². The van der Waals surface area contributed by atoms with E-state index in [4.69, 9.17) is 0 Å². The average Bonchev–Trinajstić information content (AvgIpc) is 2.68. The van der Waals surface area contributed by atoms with E-state index in [9.17, 15) is 4.79 Å². The van der Waals surface area contributed by atoms with Gasteiger partial charge in [-0.05, 0) is 12.5 Å². The highest BCUT2D eigenvalue weighted by Gasteiger charge is 2.07. The van der Waals surface area contributed by atoms with Crippen LogP contribution in [0.4, 0.5) is 5.13 Å². The van der Waals surface area contributed by atoms with Gasteiger partial charge in [-0.25, -0.2) is 4.98 Å². The minimum atomic E-state index is -0.0890. The molecule has 0 saturated heterocycles. The molecule has 2 aromatic rings. The van der Waals surface area contributed by atoms with Crippen LogP contribution in [0.2, 0.25) is 0 Å². The molecular weight excluding hydrogens is 270 g/mol. The largest absolute Gasteiger partial charge is 1.00 e. The molecule has 0 fully saturated rings. The second kappa shape index (κ2) is 6.47. The minimum absolute atomic E-state index is 0. The van der Waals surface area contributed by atoms with E-state index in [2.05, 4.69) is 33.9 Å². The first kappa shape index (κ1) is 14.6. The molecule has 0 spiro atoms. The maximum absolute atomic E-state index is 10.9. The van der Waals surface area contributed by atoms with Crippen LogP contribution in [-0.4, -0.2) is 10.9 Å². The zero-order valence-electron chi connectivity index (χ0n) is 10.2. The summed E-state index contributed by atoms with van der Waals surface area (Å²) in [4.78, 5) is 15.2. The number of pyridine rings is 1. The number of hydrogen-bond donors (Lipinski definition) is 1. The van der Waals surface area contributed by atoms with Gasteiger partial charge in [-0.2, -0.15) is 4.57 Å².